The minimum absolute atomic E-state index is 0.218. The molecule has 14 heavy (non-hydrogen) atoms. The molecule has 0 saturated heterocycles. The summed E-state index contributed by atoms with van der Waals surface area (Å²) < 4.78 is 5.02. The maximum absolute atomic E-state index is 9.57. The fraction of sp³-hybridized carbons (Fsp3) is 1.00. The van der Waals surface area contributed by atoms with Crippen LogP contribution >= 0.6 is 0 Å². The van der Waals surface area contributed by atoms with Gasteiger partial charge in [-0.15, -0.1) is 0 Å². The van der Waals surface area contributed by atoms with Crippen molar-refractivity contribution in [2.45, 2.75) is 33.3 Å². The van der Waals surface area contributed by atoms with Gasteiger partial charge in [-0.1, -0.05) is 20.8 Å². The van der Waals surface area contributed by atoms with Gasteiger partial charge in [-0.05, 0) is 24.8 Å². The highest BCUT2D eigenvalue weighted by Crippen LogP contribution is 2.03. The van der Waals surface area contributed by atoms with Crippen LogP contribution in [0.1, 0.15) is 27.2 Å². The van der Waals surface area contributed by atoms with Crippen molar-refractivity contribution in [3.8, 4) is 0 Å². The molecular formula is C11H25NO2. The lowest BCUT2D eigenvalue weighted by molar-refractivity contribution is 0.134. The van der Waals surface area contributed by atoms with Crippen LogP contribution in [0.5, 0.6) is 0 Å². The van der Waals surface area contributed by atoms with Gasteiger partial charge in [0.1, 0.15) is 0 Å². The fourth-order valence-corrected chi connectivity index (χ4v) is 1.47. The highest BCUT2D eigenvalue weighted by Gasteiger charge is 2.07. The molecule has 0 aliphatic carbocycles. The topological polar surface area (TPSA) is 41.5 Å². The van der Waals surface area contributed by atoms with Crippen LogP contribution in [-0.2, 0) is 4.74 Å². The van der Waals surface area contributed by atoms with E-state index >= 15 is 0 Å². The number of methoxy groups -OCH3 is 1. The third-order valence-corrected chi connectivity index (χ3v) is 2.07. The Balaban J connectivity index is 3.34. The standard InChI is InChI=1S/C11H25NO2/c1-9(2)5-11(13)7-12-6-10(3)8-14-4/h9-13H,5-8H2,1-4H3. The number of aliphatic hydroxyl groups is 1. The molecule has 0 rings (SSSR count). The summed E-state index contributed by atoms with van der Waals surface area (Å²) in [7, 11) is 1.71. The average molecular weight is 203 g/mol. The molecule has 0 aromatic carbocycles. The molecule has 0 radical (unpaired) electrons. The lowest BCUT2D eigenvalue weighted by Crippen LogP contribution is -2.32. The summed E-state index contributed by atoms with van der Waals surface area (Å²) in [6.45, 7) is 8.74. The predicted molar refractivity (Wildman–Crippen MR) is 59.4 cm³/mol. The highest BCUT2D eigenvalue weighted by atomic mass is 16.5. The van der Waals surface area contributed by atoms with Crippen molar-refractivity contribution in [2.24, 2.45) is 11.8 Å². The summed E-state index contributed by atoms with van der Waals surface area (Å²) in [6.07, 6.45) is 0.649. The summed E-state index contributed by atoms with van der Waals surface area (Å²) in [6, 6.07) is 0. The van der Waals surface area contributed by atoms with Gasteiger partial charge in [0.15, 0.2) is 0 Å². The second-order valence-electron chi connectivity index (χ2n) is 4.50. The van der Waals surface area contributed by atoms with Gasteiger partial charge in [0, 0.05) is 20.3 Å². The summed E-state index contributed by atoms with van der Waals surface area (Å²) in [5.74, 6) is 1.06. The minimum Gasteiger partial charge on any atom is -0.392 e. The zero-order valence-corrected chi connectivity index (χ0v) is 9.92. The van der Waals surface area contributed by atoms with Crippen LogP contribution in [0.25, 0.3) is 0 Å². The number of ether oxygens (including phenoxy) is 1. The van der Waals surface area contributed by atoms with Gasteiger partial charge in [0.25, 0.3) is 0 Å². The predicted octanol–water partition coefficient (Wildman–Crippen LogP) is 1.27. The third kappa shape index (κ3) is 8.48. The van der Waals surface area contributed by atoms with Crippen molar-refractivity contribution in [1.82, 2.24) is 5.32 Å². The van der Waals surface area contributed by atoms with Gasteiger partial charge >= 0.3 is 0 Å². The van der Waals surface area contributed by atoms with Gasteiger partial charge in [0.2, 0.25) is 0 Å². The van der Waals surface area contributed by atoms with Gasteiger partial charge in [0.05, 0.1) is 6.10 Å². The molecule has 0 spiro atoms. The van der Waals surface area contributed by atoms with E-state index in [1.54, 1.807) is 7.11 Å². The largest absolute Gasteiger partial charge is 0.392 e. The van der Waals surface area contributed by atoms with E-state index in [-0.39, 0.29) is 6.10 Å². The van der Waals surface area contributed by atoms with E-state index in [9.17, 15) is 5.11 Å². The molecule has 2 N–H and O–H groups in total. The Morgan fingerprint density at radius 1 is 1.21 bits per heavy atom. The van der Waals surface area contributed by atoms with Gasteiger partial charge in [-0.25, -0.2) is 0 Å². The fourth-order valence-electron chi connectivity index (χ4n) is 1.47. The van der Waals surface area contributed by atoms with E-state index in [4.69, 9.17) is 4.74 Å². The molecule has 3 heteroatoms. The summed E-state index contributed by atoms with van der Waals surface area (Å²) in [5, 5.41) is 12.8. The summed E-state index contributed by atoms with van der Waals surface area (Å²) in [5.41, 5.74) is 0. The van der Waals surface area contributed by atoms with Crippen molar-refractivity contribution in [2.75, 3.05) is 26.8 Å². The van der Waals surface area contributed by atoms with Crippen LogP contribution in [0.15, 0.2) is 0 Å². The monoisotopic (exact) mass is 203 g/mol. The van der Waals surface area contributed by atoms with Crippen LogP contribution in [-0.4, -0.2) is 38.0 Å². The van der Waals surface area contributed by atoms with Crippen molar-refractivity contribution >= 4 is 0 Å². The van der Waals surface area contributed by atoms with Crippen LogP contribution < -0.4 is 5.32 Å². The molecule has 0 aliphatic rings. The molecule has 0 fully saturated rings. The van der Waals surface area contributed by atoms with Gasteiger partial charge < -0.3 is 15.2 Å². The lowest BCUT2D eigenvalue weighted by atomic mass is 10.1. The smallest absolute Gasteiger partial charge is 0.0667 e. The molecule has 0 aliphatic heterocycles. The SMILES string of the molecule is COCC(C)CNCC(O)CC(C)C. The number of nitrogens with one attached hydrogen (secondary N) is 1. The number of rotatable bonds is 8. The molecule has 0 bridgehead atoms. The molecule has 0 heterocycles. The molecular weight excluding hydrogens is 178 g/mol. The first-order valence-corrected chi connectivity index (χ1v) is 5.44. The second kappa shape index (κ2) is 8.21. The van der Waals surface area contributed by atoms with E-state index in [2.05, 4.69) is 26.1 Å². The first kappa shape index (κ1) is 13.9. The molecule has 0 amide bonds. The molecule has 2 atom stereocenters. The number of hydrogen-bond donors (Lipinski definition) is 2. The maximum Gasteiger partial charge on any atom is 0.0667 e. The molecule has 86 valence electrons. The van der Waals surface area contributed by atoms with Crippen LogP contribution in [0, 0.1) is 11.8 Å². The van der Waals surface area contributed by atoms with E-state index in [0.717, 1.165) is 19.6 Å². The quantitative estimate of drug-likeness (QED) is 0.624. The first-order valence-electron chi connectivity index (χ1n) is 5.44. The zero-order chi connectivity index (χ0) is 11.0. The van der Waals surface area contributed by atoms with Crippen molar-refractivity contribution in [3.05, 3.63) is 0 Å². The Hall–Kier alpha value is -0.120. The summed E-state index contributed by atoms with van der Waals surface area (Å²) in [4.78, 5) is 0. The van der Waals surface area contributed by atoms with Crippen LogP contribution in [0.4, 0.5) is 0 Å². The van der Waals surface area contributed by atoms with Crippen LogP contribution in [0.2, 0.25) is 0 Å². The Kier molecular flexibility index (Phi) is 8.14. The highest BCUT2D eigenvalue weighted by molar-refractivity contribution is 4.63. The molecule has 0 saturated carbocycles. The second-order valence-corrected chi connectivity index (χ2v) is 4.50. The molecule has 3 nitrogen and oxygen atoms in total. The lowest BCUT2D eigenvalue weighted by Gasteiger charge is -2.16. The minimum atomic E-state index is -0.218. The zero-order valence-electron chi connectivity index (χ0n) is 9.92. The van der Waals surface area contributed by atoms with Gasteiger partial charge in [-0.2, -0.15) is 0 Å². The van der Waals surface area contributed by atoms with E-state index in [0.29, 0.717) is 18.4 Å². The average Bonchev–Trinajstić information content (AvgIpc) is 2.02. The summed E-state index contributed by atoms with van der Waals surface area (Å²) >= 11 is 0. The van der Waals surface area contributed by atoms with Crippen LogP contribution in [0.3, 0.4) is 0 Å². The first-order chi connectivity index (χ1) is 6.56. The Bertz CT molecular complexity index is 128. The molecule has 2 unspecified atom stereocenters. The maximum atomic E-state index is 9.57. The molecule has 0 aromatic rings. The number of aliphatic hydroxyl groups excluding tert-OH is 1. The Morgan fingerprint density at radius 2 is 1.86 bits per heavy atom. The Morgan fingerprint density at radius 3 is 2.36 bits per heavy atom. The van der Waals surface area contributed by atoms with Crippen molar-refractivity contribution < 1.29 is 9.84 Å². The van der Waals surface area contributed by atoms with E-state index in [1.165, 1.54) is 0 Å². The van der Waals surface area contributed by atoms with Crippen molar-refractivity contribution in [3.63, 3.8) is 0 Å². The van der Waals surface area contributed by atoms with Crippen molar-refractivity contribution in [1.29, 1.82) is 0 Å². The normalized spacial score (nSPS) is 15.9. The van der Waals surface area contributed by atoms with E-state index in [1.807, 2.05) is 0 Å². The third-order valence-electron chi connectivity index (χ3n) is 2.07. The van der Waals surface area contributed by atoms with Gasteiger partial charge in [-0.3, -0.25) is 0 Å². The number of hydrogen-bond acceptors (Lipinski definition) is 3. The van der Waals surface area contributed by atoms with E-state index < -0.39 is 0 Å². The Labute approximate surface area is 87.8 Å². The molecule has 0 aromatic heterocycles.